The third-order valence-electron chi connectivity index (χ3n) is 3.44. The number of hydrogen-bond acceptors (Lipinski definition) is 3. The maximum atomic E-state index is 5.64. The molecule has 3 nitrogen and oxygen atoms in total. The predicted octanol–water partition coefficient (Wildman–Crippen LogP) is 3.42. The lowest BCUT2D eigenvalue weighted by Gasteiger charge is -2.19. The van der Waals surface area contributed by atoms with Gasteiger partial charge in [-0.3, -0.25) is 0 Å². The summed E-state index contributed by atoms with van der Waals surface area (Å²) in [6.07, 6.45) is 4.04. The quantitative estimate of drug-likeness (QED) is 0.824. The minimum absolute atomic E-state index is 0.228. The van der Waals surface area contributed by atoms with Gasteiger partial charge in [-0.1, -0.05) is 0 Å². The first-order chi connectivity index (χ1) is 9.13. The molecular weight excluding hydrogens is 236 g/mol. The molecule has 2 unspecified atom stereocenters. The zero-order valence-electron chi connectivity index (χ0n) is 12.3. The van der Waals surface area contributed by atoms with E-state index in [-0.39, 0.29) is 6.10 Å². The van der Waals surface area contributed by atoms with Gasteiger partial charge < -0.3 is 15.4 Å². The minimum atomic E-state index is 0.228. The fourth-order valence-corrected chi connectivity index (χ4v) is 2.63. The smallest absolute Gasteiger partial charge is 0.119 e. The van der Waals surface area contributed by atoms with Crippen molar-refractivity contribution in [1.82, 2.24) is 5.32 Å². The maximum absolute atomic E-state index is 5.64. The van der Waals surface area contributed by atoms with Crippen molar-refractivity contribution in [3.8, 4) is 5.75 Å². The van der Waals surface area contributed by atoms with Crippen LogP contribution in [0.3, 0.4) is 0 Å². The first-order valence-electron chi connectivity index (χ1n) is 7.40. The zero-order valence-corrected chi connectivity index (χ0v) is 12.3. The summed E-state index contributed by atoms with van der Waals surface area (Å²) < 4.78 is 5.64. The van der Waals surface area contributed by atoms with Crippen LogP contribution in [0.25, 0.3) is 0 Å². The highest BCUT2D eigenvalue weighted by atomic mass is 16.5. The van der Waals surface area contributed by atoms with Crippen molar-refractivity contribution in [2.75, 3.05) is 11.9 Å². The van der Waals surface area contributed by atoms with Gasteiger partial charge in [-0.25, -0.2) is 0 Å². The molecule has 0 spiro atoms. The van der Waals surface area contributed by atoms with Crippen LogP contribution in [-0.2, 0) is 0 Å². The van der Waals surface area contributed by atoms with E-state index < -0.39 is 0 Å². The molecule has 1 aromatic carbocycles. The Morgan fingerprint density at radius 2 is 2.00 bits per heavy atom. The number of rotatable bonds is 6. The fraction of sp³-hybridized carbons (Fsp3) is 0.625. The second-order valence-electron chi connectivity index (χ2n) is 5.77. The molecular formula is C16H26N2O. The summed E-state index contributed by atoms with van der Waals surface area (Å²) in [4.78, 5) is 0. The molecule has 0 saturated carbocycles. The van der Waals surface area contributed by atoms with Gasteiger partial charge in [-0.15, -0.1) is 0 Å². The van der Waals surface area contributed by atoms with Crippen LogP contribution >= 0.6 is 0 Å². The van der Waals surface area contributed by atoms with Crippen molar-refractivity contribution >= 4 is 5.69 Å². The van der Waals surface area contributed by atoms with E-state index in [4.69, 9.17) is 4.74 Å². The van der Waals surface area contributed by atoms with Crippen molar-refractivity contribution in [2.45, 2.75) is 58.2 Å². The van der Waals surface area contributed by atoms with Crippen LogP contribution in [0.15, 0.2) is 24.3 Å². The van der Waals surface area contributed by atoms with Crippen LogP contribution in [-0.4, -0.2) is 24.7 Å². The summed E-state index contributed by atoms with van der Waals surface area (Å²) >= 11 is 0. The lowest BCUT2D eigenvalue weighted by molar-refractivity contribution is 0.242. The Balaban J connectivity index is 1.81. The molecule has 0 aliphatic carbocycles. The summed E-state index contributed by atoms with van der Waals surface area (Å²) in [6, 6.07) is 9.43. The fourth-order valence-electron chi connectivity index (χ4n) is 2.63. The lowest BCUT2D eigenvalue weighted by atomic mass is 10.1. The number of hydrogen-bond donors (Lipinski definition) is 2. The van der Waals surface area contributed by atoms with Gasteiger partial charge in [0.05, 0.1) is 6.10 Å². The summed E-state index contributed by atoms with van der Waals surface area (Å²) in [6.45, 7) is 7.52. The number of nitrogens with one attached hydrogen (secondary N) is 2. The van der Waals surface area contributed by atoms with Crippen LogP contribution in [0.1, 0.15) is 40.0 Å². The molecule has 1 heterocycles. The molecule has 0 amide bonds. The van der Waals surface area contributed by atoms with E-state index >= 15 is 0 Å². The van der Waals surface area contributed by atoms with Crippen molar-refractivity contribution < 1.29 is 4.74 Å². The average molecular weight is 262 g/mol. The van der Waals surface area contributed by atoms with Crippen molar-refractivity contribution in [3.63, 3.8) is 0 Å². The Morgan fingerprint density at radius 3 is 2.58 bits per heavy atom. The van der Waals surface area contributed by atoms with Crippen molar-refractivity contribution in [2.24, 2.45) is 0 Å². The van der Waals surface area contributed by atoms with Gasteiger partial charge in [-0.05, 0) is 70.8 Å². The normalized spacial score (nSPS) is 20.5. The Bertz CT molecular complexity index is 369. The van der Waals surface area contributed by atoms with Crippen molar-refractivity contribution in [1.29, 1.82) is 0 Å². The van der Waals surface area contributed by atoms with Gasteiger partial charge >= 0.3 is 0 Å². The first kappa shape index (κ1) is 14.2. The van der Waals surface area contributed by atoms with Gasteiger partial charge in [-0.2, -0.15) is 0 Å². The summed E-state index contributed by atoms with van der Waals surface area (Å²) in [5.74, 6) is 0.936. The number of benzene rings is 1. The molecule has 1 aromatic rings. The topological polar surface area (TPSA) is 33.3 Å². The maximum Gasteiger partial charge on any atom is 0.119 e. The second-order valence-corrected chi connectivity index (χ2v) is 5.77. The second kappa shape index (κ2) is 6.80. The molecule has 1 saturated heterocycles. The van der Waals surface area contributed by atoms with E-state index in [1.165, 1.54) is 31.5 Å². The van der Waals surface area contributed by atoms with Crippen molar-refractivity contribution in [3.05, 3.63) is 24.3 Å². The Hall–Kier alpha value is -1.22. The molecule has 0 radical (unpaired) electrons. The Labute approximate surface area is 116 Å². The number of anilines is 1. The van der Waals surface area contributed by atoms with Crippen LogP contribution in [0.4, 0.5) is 5.69 Å². The predicted molar refractivity (Wildman–Crippen MR) is 80.9 cm³/mol. The molecule has 2 N–H and O–H groups in total. The molecule has 1 aliphatic heterocycles. The van der Waals surface area contributed by atoms with Gasteiger partial charge in [0.25, 0.3) is 0 Å². The minimum Gasteiger partial charge on any atom is -0.491 e. The monoisotopic (exact) mass is 262 g/mol. The third kappa shape index (κ3) is 4.75. The van der Waals surface area contributed by atoms with Crippen LogP contribution in [0, 0.1) is 0 Å². The van der Waals surface area contributed by atoms with Crippen LogP contribution < -0.4 is 15.4 Å². The van der Waals surface area contributed by atoms with Gasteiger partial charge in [0, 0.05) is 17.8 Å². The molecule has 19 heavy (non-hydrogen) atoms. The Morgan fingerprint density at radius 1 is 1.26 bits per heavy atom. The van der Waals surface area contributed by atoms with E-state index in [2.05, 4.69) is 29.7 Å². The molecule has 106 valence electrons. The van der Waals surface area contributed by atoms with Gasteiger partial charge in [0.2, 0.25) is 0 Å². The van der Waals surface area contributed by atoms with Crippen LogP contribution in [0.2, 0.25) is 0 Å². The number of ether oxygens (including phenoxy) is 1. The van der Waals surface area contributed by atoms with E-state index in [0.717, 1.165) is 5.75 Å². The highest BCUT2D eigenvalue weighted by Crippen LogP contribution is 2.19. The molecule has 2 rings (SSSR count). The molecule has 1 aliphatic rings. The highest BCUT2D eigenvalue weighted by molar-refractivity contribution is 5.47. The molecule has 0 bridgehead atoms. The standard InChI is InChI=1S/C16H26N2O/c1-12(2)19-16-8-6-14(7-9-16)18-13(3)11-15-5-4-10-17-15/h6-9,12-13,15,17-18H,4-5,10-11H2,1-3H3. The van der Waals surface area contributed by atoms with E-state index in [1.54, 1.807) is 0 Å². The molecule has 3 heteroatoms. The summed E-state index contributed by atoms with van der Waals surface area (Å²) in [5, 5.41) is 7.10. The van der Waals surface area contributed by atoms with Crippen LogP contribution in [0.5, 0.6) is 5.75 Å². The summed E-state index contributed by atoms with van der Waals surface area (Å²) in [5.41, 5.74) is 1.17. The molecule has 1 fully saturated rings. The van der Waals surface area contributed by atoms with Gasteiger partial charge in [0.15, 0.2) is 0 Å². The average Bonchev–Trinajstić information content (AvgIpc) is 2.83. The van der Waals surface area contributed by atoms with E-state index in [1.807, 2.05) is 26.0 Å². The van der Waals surface area contributed by atoms with E-state index in [9.17, 15) is 0 Å². The summed E-state index contributed by atoms with van der Waals surface area (Å²) in [7, 11) is 0. The third-order valence-corrected chi connectivity index (χ3v) is 3.44. The highest BCUT2D eigenvalue weighted by Gasteiger charge is 2.16. The molecule has 0 aromatic heterocycles. The largest absolute Gasteiger partial charge is 0.491 e. The lowest BCUT2D eigenvalue weighted by Crippen LogP contribution is -2.29. The van der Waals surface area contributed by atoms with E-state index in [0.29, 0.717) is 12.1 Å². The zero-order chi connectivity index (χ0) is 13.7. The van der Waals surface area contributed by atoms with Gasteiger partial charge in [0.1, 0.15) is 5.75 Å². The Kier molecular flexibility index (Phi) is 5.08. The first-order valence-corrected chi connectivity index (χ1v) is 7.40. The SMILES string of the molecule is CC(CC1CCCN1)Nc1ccc(OC(C)C)cc1. The molecule has 2 atom stereocenters.